The quantitative estimate of drug-likeness (QED) is 0.186. The number of esters is 1. The SMILES string of the molecule is COc1cc(C(=O)Oc2ccc(/C=N/NC(=O)CNC(=O)c3cccc(F)c3)cc2)cc(OC)c1OC. The molecule has 0 radical (unpaired) electrons. The second kappa shape index (κ2) is 12.7. The summed E-state index contributed by atoms with van der Waals surface area (Å²) in [7, 11) is 4.35. The molecule has 37 heavy (non-hydrogen) atoms. The number of benzene rings is 3. The molecule has 0 atom stereocenters. The molecule has 3 aromatic carbocycles. The van der Waals surface area contributed by atoms with Crippen LogP contribution in [0.3, 0.4) is 0 Å². The summed E-state index contributed by atoms with van der Waals surface area (Å²) in [4.78, 5) is 36.4. The van der Waals surface area contributed by atoms with Crippen molar-refractivity contribution in [1.29, 1.82) is 0 Å². The normalized spacial score (nSPS) is 10.5. The van der Waals surface area contributed by atoms with Crippen molar-refractivity contribution in [3.8, 4) is 23.0 Å². The lowest BCUT2D eigenvalue weighted by atomic mass is 10.2. The molecule has 3 rings (SSSR count). The molecule has 0 spiro atoms. The van der Waals surface area contributed by atoms with Crippen molar-refractivity contribution in [3.63, 3.8) is 0 Å². The monoisotopic (exact) mass is 509 g/mol. The summed E-state index contributed by atoms with van der Waals surface area (Å²) in [5.41, 5.74) is 3.18. The Balaban J connectivity index is 1.52. The molecule has 0 saturated heterocycles. The summed E-state index contributed by atoms with van der Waals surface area (Å²) in [6.45, 7) is -0.345. The van der Waals surface area contributed by atoms with Crippen LogP contribution in [0, 0.1) is 5.82 Å². The average Bonchev–Trinajstić information content (AvgIpc) is 2.91. The first-order chi connectivity index (χ1) is 17.8. The van der Waals surface area contributed by atoms with Crippen molar-refractivity contribution in [1.82, 2.24) is 10.7 Å². The molecule has 0 aliphatic rings. The summed E-state index contributed by atoms with van der Waals surface area (Å²) >= 11 is 0. The first-order valence-electron chi connectivity index (χ1n) is 10.8. The third-order valence-corrected chi connectivity index (χ3v) is 4.89. The zero-order valence-corrected chi connectivity index (χ0v) is 20.2. The van der Waals surface area contributed by atoms with Crippen LogP contribution in [0.5, 0.6) is 23.0 Å². The summed E-state index contributed by atoms with van der Waals surface area (Å²) in [5, 5.41) is 6.19. The molecule has 10 nitrogen and oxygen atoms in total. The van der Waals surface area contributed by atoms with Gasteiger partial charge in [-0.1, -0.05) is 6.07 Å². The fourth-order valence-electron chi connectivity index (χ4n) is 3.10. The Labute approximate surface area is 212 Å². The zero-order chi connectivity index (χ0) is 26.8. The van der Waals surface area contributed by atoms with E-state index in [-0.39, 0.29) is 23.4 Å². The van der Waals surface area contributed by atoms with Gasteiger partial charge in [0.2, 0.25) is 5.75 Å². The largest absolute Gasteiger partial charge is 0.493 e. The lowest BCUT2D eigenvalue weighted by molar-refractivity contribution is -0.120. The van der Waals surface area contributed by atoms with Gasteiger partial charge in [0, 0.05) is 5.56 Å². The number of nitrogens with one attached hydrogen (secondary N) is 2. The molecular weight excluding hydrogens is 485 g/mol. The van der Waals surface area contributed by atoms with Crippen LogP contribution in [0.4, 0.5) is 4.39 Å². The average molecular weight is 509 g/mol. The van der Waals surface area contributed by atoms with Crippen LogP contribution in [-0.2, 0) is 4.79 Å². The lowest BCUT2D eigenvalue weighted by Gasteiger charge is -2.13. The number of hydrogen-bond donors (Lipinski definition) is 2. The fourth-order valence-corrected chi connectivity index (χ4v) is 3.10. The first-order valence-corrected chi connectivity index (χ1v) is 10.8. The van der Waals surface area contributed by atoms with Gasteiger partial charge in [0.25, 0.3) is 11.8 Å². The van der Waals surface area contributed by atoms with Crippen LogP contribution in [-0.4, -0.2) is 51.9 Å². The van der Waals surface area contributed by atoms with Gasteiger partial charge in [0.15, 0.2) is 11.5 Å². The molecule has 2 amide bonds. The second-order valence-corrected chi connectivity index (χ2v) is 7.36. The fraction of sp³-hybridized carbons (Fsp3) is 0.154. The molecule has 0 fully saturated rings. The van der Waals surface area contributed by atoms with E-state index in [0.29, 0.717) is 22.8 Å². The van der Waals surface area contributed by atoms with Crippen molar-refractivity contribution in [2.45, 2.75) is 0 Å². The van der Waals surface area contributed by atoms with Gasteiger partial charge in [-0.25, -0.2) is 14.6 Å². The van der Waals surface area contributed by atoms with Gasteiger partial charge in [0.1, 0.15) is 11.6 Å². The van der Waals surface area contributed by atoms with E-state index in [1.807, 2.05) is 0 Å². The first kappa shape index (κ1) is 26.7. The van der Waals surface area contributed by atoms with E-state index in [9.17, 15) is 18.8 Å². The number of rotatable bonds is 10. The zero-order valence-electron chi connectivity index (χ0n) is 20.2. The Hall–Kier alpha value is -4.93. The van der Waals surface area contributed by atoms with Crippen molar-refractivity contribution in [2.75, 3.05) is 27.9 Å². The van der Waals surface area contributed by atoms with Crippen LogP contribution in [0.15, 0.2) is 65.8 Å². The number of carbonyl (C=O) groups excluding carboxylic acids is 3. The maximum atomic E-state index is 13.2. The maximum Gasteiger partial charge on any atom is 0.343 e. The van der Waals surface area contributed by atoms with Crippen molar-refractivity contribution in [3.05, 3.63) is 83.2 Å². The number of methoxy groups -OCH3 is 3. The molecule has 0 aliphatic carbocycles. The predicted molar refractivity (Wildman–Crippen MR) is 132 cm³/mol. The number of amides is 2. The van der Waals surface area contributed by atoms with Crippen LogP contribution in [0.1, 0.15) is 26.3 Å². The molecule has 0 unspecified atom stereocenters. The minimum absolute atomic E-state index is 0.0994. The van der Waals surface area contributed by atoms with Gasteiger partial charge in [-0.15, -0.1) is 0 Å². The highest BCUT2D eigenvalue weighted by Crippen LogP contribution is 2.38. The standard InChI is InChI=1S/C26H24FN3O7/c1-34-21-12-18(13-22(35-2)24(21)36-3)26(33)37-20-9-7-16(8-10-20)14-29-30-23(31)15-28-25(32)17-5-4-6-19(27)11-17/h4-14H,15H2,1-3H3,(H,28,32)(H,30,31)/b29-14+. The number of halogens is 1. The van der Waals surface area contributed by atoms with Gasteiger partial charge in [-0.05, 0) is 60.2 Å². The lowest BCUT2D eigenvalue weighted by Crippen LogP contribution is -2.34. The Bertz CT molecular complexity index is 1280. The van der Waals surface area contributed by atoms with E-state index < -0.39 is 23.6 Å². The highest BCUT2D eigenvalue weighted by molar-refractivity contribution is 5.96. The number of carbonyl (C=O) groups is 3. The summed E-state index contributed by atoms with van der Waals surface area (Å²) in [6, 6.07) is 14.4. The number of hydrazone groups is 1. The van der Waals surface area contributed by atoms with Gasteiger partial charge < -0.3 is 24.3 Å². The predicted octanol–water partition coefficient (Wildman–Crippen LogP) is 2.95. The Kier molecular flexibility index (Phi) is 9.14. The molecule has 11 heteroatoms. The molecule has 0 aromatic heterocycles. The Morgan fingerprint density at radius 3 is 2.16 bits per heavy atom. The van der Waals surface area contributed by atoms with Crippen LogP contribution in [0.2, 0.25) is 0 Å². The van der Waals surface area contributed by atoms with E-state index in [2.05, 4.69) is 15.8 Å². The highest BCUT2D eigenvalue weighted by Gasteiger charge is 2.18. The summed E-state index contributed by atoms with van der Waals surface area (Å²) in [5.74, 6) is -1.08. The number of nitrogens with zero attached hydrogens (tertiary/aromatic N) is 1. The molecule has 0 aliphatic heterocycles. The van der Waals surface area contributed by atoms with Gasteiger partial charge in [-0.3, -0.25) is 9.59 Å². The molecular formula is C26H24FN3O7. The number of hydrogen-bond acceptors (Lipinski definition) is 8. The minimum atomic E-state index is -0.631. The number of ether oxygens (including phenoxy) is 4. The van der Waals surface area contributed by atoms with Crippen LogP contribution >= 0.6 is 0 Å². The van der Waals surface area contributed by atoms with Crippen molar-refractivity contribution >= 4 is 24.0 Å². The van der Waals surface area contributed by atoms with E-state index in [4.69, 9.17) is 18.9 Å². The highest BCUT2D eigenvalue weighted by atomic mass is 19.1. The third kappa shape index (κ3) is 7.28. The summed E-state index contributed by atoms with van der Waals surface area (Å²) in [6.07, 6.45) is 1.37. The van der Waals surface area contributed by atoms with Crippen molar-refractivity contribution < 1.29 is 37.7 Å². The van der Waals surface area contributed by atoms with E-state index in [1.165, 1.54) is 57.9 Å². The summed E-state index contributed by atoms with van der Waals surface area (Å²) < 4.78 is 34.3. The van der Waals surface area contributed by atoms with E-state index in [1.54, 1.807) is 24.3 Å². The van der Waals surface area contributed by atoms with Gasteiger partial charge >= 0.3 is 5.97 Å². The maximum absolute atomic E-state index is 13.2. The molecule has 192 valence electrons. The molecule has 0 saturated carbocycles. The van der Waals surface area contributed by atoms with E-state index in [0.717, 1.165) is 6.07 Å². The Morgan fingerprint density at radius 1 is 0.892 bits per heavy atom. The Morgan fingerprint density at radius 2 is 1.57 bits per heavy atom. The van der Waals surface area contributed by atoms with Gasteiger partial charge in [-0.2, -0.15) is 5.10 Å². The van der Waals surface area contributed by atoms with Gasteiger partial charge in [0.05, 0.1) is 39.7 Å². The molecule has 0 bridgehead atoms. The smallest absolute Gasteiger partial charge is 0.343 e. The molecule has 2 N–H and O–H groups in total. The second-order valence-electron chi connectivity index (χ2n) is 7.36. The molecule has 3 aromatic rings. The van der Waals surface area contributed by atoms with Crippen molar-refractivity contribution in [2.24, 2.45) is 5.10 Å². The molecule has 0 heterocycles. The van der Waals surface area contributed by atoms with E-state index >= 15 is 0 Å². The van der Waals surface area contributed by atoms with Crippen LogP contribution < -0.4 is 29.7 Å². The minimum Gasteiger partial charge on any atom is -0.493 e. The third-order valence-electron chi connectivity index (χ3n) is 4.89. The van der Waals surface area contributed by atoms with Crippen LogP contribution in [0.25, 0.3) is 0 Å². The topological polar surface area (TPSA) is 125 Å².